The van der Waals surface area contributed by atoms with Gasteiger partial charge in [0.05, 0.1) is 19.6 Å². The summed E-state index contributed by atoms with van der Waals surface area (Å²) in [6, 6.07) is 15.8. The number of rotatable bonds is 8. The number of carbonyl (C=O) groups excluding carboxylic acids is 1. The average Bonchev–Trinajstić information content (AvgIpc) is 2.59. The number of ether oxygens (including phenoxy) is 1. The van der Waals surface area contributed by atoms with Gasteiger partial charge in [-0.2, -0.15) is 0 Å². The van der Waals surface area contributed by atoms with Crippen LogP contribution in [0.2, 0.25) is 0 Å². The van der Waals surface area contributed by atoms with Crippen LogP contribution in [0.15, 0.2) is 54.6 Å². The van der Waals surface area contributed by atoms with E-state index < -0.39 is 5.92 Å². The van der Waals surface area contributed by atoms with Gasteiger partial charge < -0.3 is 4.74 Å². The highest BCUT2D eigenvalue weighted by molar-refractivity contribution is 5.72. The monoisotopic (exact) mass is 317 g/mol. The Balaban J connectivity index is 1.83. The minimum atomic E-state index is -0.402. The molecule has 0 bridgehead atoms. The zero-order valence-electron chi connectivity index (χ0n) is 13.0. The van der Waals surface area contributed by atoms with Gasteiger partial charge in [0.15, 0.2) is 0 Å². The van der Waals surface area contributed by atoms with Crippen molar-refractivity contribution in [1.29, 1.82) is 0 Å². The van der Waals surface area contributed by atoms with Gasteiger partial charge in [0.2, 0.25) is 0 Å². The van der Waals surface area contributed by atoms with Gasteiger partial charge in [0.1, 0.15) is 5.82 Å². The SMILES string of the molecule is COC(=O)C(CNOCc1ccccc1)Cc1ccc(F)cc1. The van der Waals surface area contributed by atoms with Crippen molar-refractivity contribution in [2.45, 2.75) is 13.0 Å². The van der Waals surface area contributed by atoms with Gasteiger partial charge in [-0.05, 0) is 29.7 Å². The lowest BCUT2D eigenvalue weighted by molar-refractivity contribution is -0.146. The van der Waals surface area contributed by atoms with Crippen molar-refractivity contribution < 1.29 is 18.8 Å². The summed E-state index contributed by atoms with van der Waals surface area (Å²) in [7, 11) is 1.35. The van der Waals surface area contributed by atoms with Crippen LogP contribution in [0.5, 0.6) is 0 Å². The topological polar surface area (TPSA) is 47.6 Å². The van der Waals surface area contributed by atoms with Crippen molar-refractivity contribution in [2.75, 3.05) is 13.7 Å². The van der Waals surface area contributed by atoms with Crippen LogP contribution in [0.4, 0.5) is 4.39 Å². The zero-order valence-corrected chi connectivity index (χ0v) is 13.0. The predicted octanol–water partition coefficient (Wildman–Crippen LogP) is 2.88. The summed E-state index contributed by atoms with van der Waals surface area (Å²) in [6.07, 6.45) is 0.453. The molecule has 0 spiro atoms. The highest BCUT2D eigenvalue weighted by Gasteiger charge is 2.19. The van der Waals surface area contributed by atoms with Gasteiger partial charge in [-0.3, -0.25) is 9.63 Å². The number of carbonyl (C=O) groups is 1. The fourth-order valence-electron chi connectivity index (χ4n) is 2.18. The Bertz CT molecular complexity index is 601. The number of nitrogens with one attached hydrogen (secondary N) is 1. The van der Waals surface area contributed by atoms with Crippen LogP contribution in [0, 0.1) is 11.7 Å². The Morgan fingerprint density at radius 1 is 1.09 bits per heavy atom. The number of halogens is 1. The van der Waals surface area contributed by atoms with Crippen LogP contribution in [-0.4, -0.2) is 19.6 Å². The van der Waals surface area contributed by atoms with E-state index >= 15 is 0 Å². The molecular weight excluding hydrogens is 297 g/mol. The van der Waals surface area contributed by atoms with Crippen molar-refractivity contribution >= 4 is 5.97 Å². The summed E-state index contributed by atoms with van der Waals surface area (Å²) >= 11 is 0. The van der Waals surface area contributed by atoms with E-state index in [1.54, 1.807) is 12.1 Å². The third-order valence-corrected chi connectivity index (χ3v) is 3.44. The average molecular weight is 317 g/mol. The number of hydrogen-bond donors (Lipinski definition) is 1. The molecule has 1 unspecified atom stereocenters. The molecule has 0 aliphatic rings. The molecule has 0 radical (unpaired) electrons. The molecule has 1 N–H and O–H groups in total. The van der Waals surface area contributed by atoms with Gasteiger partial charge in [0, 0.05) is 6.54 Å². The summed E-state index contributed by atoms with van der Waals surface area (Å²) in [5.74, 6) is -1.03. The smallest absolute Gasteiger partial charge is 0.310 e. The first-order valence-corrected chi connectivity index (χ1v) is 7.40. The molecule has 5 heteroatoms. The first-order chi connectivity index (χ1) is 11.2. The summed E-state index contributed by atoms with van der Waals surface area (Å²) < 4.78 is 17.7. The molecule has 122 valence electrons. The van der Waals surface area contributed by atoms with E-state index in [0.29, 0.717) is 19.6 Å². The highest BCUT2D eigenvalue weighted by Crippen LogP contribution is 2.11. The molecule has 2 aromatic carbocycles. The first kappa shape index (κ1) is 17.1. The molecule has 4 nitrogen and oxygen atoms in total. The number of benzene rings is 2. The van der Waals surface area contributed by atoms with E-state index in [1.165, 1.54) is 19.2 Å². The van der Waals surface area contributed by atoms with Crippen LogP contribution in [-0.2, 0) is 27.4 Å². The molecule has 2 aromatic rings. The Labute approximate surface area is 135 Å². The van der Waals surface area contributed by atoms with Crippen LogP contribution in [0.1, 0.15) is 11.1 Å². The molecule has 0 saturated carbocycles. The summed E-state index contributed by atoms with van der Waals surface area (Å²) in [6.45, 7) is 0.724. The molecule has 0 saturated heterocycles. The molecule has 2 rings (SSSR count). The molecule has 0 aliphatic heterocycles. The maximum Gasteiger partial charge on any atom is 0.310 e. The second-order valence-electron chi connectivity index (χ2n) is 5.17. The number of hydroxylamine groups is 1. The lowest BCUT2D eigenvalue weighted by Gasteiger charge is -2.15. The summed E-state index contributed by atoms with van der Waals surface area (Å²) in [4.78, 5) is 17.2. The summed E-state index contributed by atoms with van der Waals surface area (Å²) in [5.41, 5.74) is 4.71. The van der Waals surface area contributed by atoms with Gasteiger partial charge in [-0.15, -0.1) is 0 Å². The fraction of sp³-hybridized carbons (Fsp3) is 0.278. The molecule has 1 atom stereocenters. The molecular formula is C18H20FNO3. The second-order valence-corrected chi connectivity index (χ2v) is 5.17. The Kier molecular flexibility index (Phi) is 6.72. The molecule has 0 aromatic heterocycles. The maximum atomic E-state index is 12.9. The predicted molar refractivity (Wildman–Crippen MR) is 84.8 cm³/mol. The van der Waals surface area contributed by atoms with E-state index in [9.17, 15) is 9.18 Å². The Morgan fingerprint density at radius 3 is 2.43 bits per heavy atom. The zero-order chi connectivity index (χ0) is 16.5. The van der Waals surface area contributed by atoms with E-state index in [-0.39, 0.29) is 11.8 Å². The molecule has 0 amide bonds. The van der Waals surface area contributed by atoms with E-state index in [1.807, 2.05) is 30.3 Å². The number of methoxy groups -OCH3 is 1. The normalized spacial score (nSPS) is 11.9. The Morgan fingerprint density at radius 2 is 1.78 bits per heavy atom. The van der Waals surface area contributed by atoms with Crippen molar-refractivity contribution in [2.24, 2.45) is 5.92 Å². The van der Waals surface area contributed by atoms with Crippen LogP contribution >= 0.6 is 0 Å². The van der Waals surface area contributed by atoms with E-state index in [2.05, 4.69) is 5.48 Å². The standard InChI is InChI=1S/C18H20FNO3/c1-22-18(21)16(11-14-7-9-17(19)10-8-14)12-20-23-13-15-5-3-2-4-6-15/h2-10,16,20H,11-13H2,1H3. The van der Waals surface area contributed by atoms with Gasteiger partial charge >= 0.3 is 5.97 Å². The van der Waals surface area contributed by atoms with Crippen molar-refractivity contribution in [1.82, 2.24) is 5.48 Å². The van der Waals surface area contributed by atoms with Crippen LogP contribution in [0.25, 0.3) is 0 Å². The minimum Gasteiger partial charge on any atom is -0.469 e. The Hall–Kier alpha value is -2.24. The molecule has 0 fully saturated rings. The third-order valence-electron chi connectivity index (χ3n) is 3.44. The first-order valence-electron chi connectivity index (χ1n) is 7.40. The lowest BCUT2D eigenvalue weighted by atomic mass is 9.99. The van der Waals surface area contributed by atoms with Crippen molar-refractivity contribution in [3.8, 4) is 0 Å². The molecule has 23 heavy (non-hydrogen) atoms. The van der Waals surface area contributed by atoms with Crippen molar-refractivity contribution in [3.63, 3.8) is 0 Å². The minimum absolute atomic E-state index is 0.298. The number of hydrogen-bond acceptors (Lipinski definition) is 4. The number of esters is 1. The van der Waals surface area contributed by atoms with Gasteiger partial charge in [0.25, 0.3) is 0 Å². The quantitative estimate of drug-likeness (QED) is 0.462. The summed E-state index contributed by atoms with van der Waals surface area (Å²) in [5, 5.41) is 0. The molecule has 0 aliphatic carbocycles. The van der Waals surface area contributed by atoms with E-state index in [0.717, 1.165) is 11.1 Å². The van der Waals surface area contributed by atoms with Crippen molar-refractivity contribution in [3.05, 3.63) is 71.5 Å². The maximum absolute atomic E-state index is 12.9. The highest BCUT2D eigenvalue weighted by atomic mass is 19.1. The van der Waals surface area contributed by atoms with Gasteiger partial charge in [-0.1, -0.05) is 42.5 Å². The lowest BCUT2D eigenvalue weighted by Crippen LogP contribution is -2.31. The molecule has 0 heterocycles. The van der Waals surface area contributed by atoms with Crippen LogP contribution < -0.4 is 5.48 Å². The third kappa shape index (κ3) is 5.81. The van der Waals surface area contributed by atoms with E-state index in [4.69, 9.17) is 9.57 Å². The fourth-order valence-corrected chi connectivity index (χ4v) is 2.18. The second kappa shape index (κ2) is 9.02. The van der Waals surface area contributed by atoms with Crippen LogP contribution in [0.3, 0.4) is 0 Å². The van der Waals surface area contributed by atoms with Gasteiger partial charge in [-0.25, -0.2) is 9.87 Å². The largest absolute Gasteiger partial charge is 0.469 e.